The highest BCUT2D eigenvalue weighted by molar-refractivity contribution is 6.31. The molecule has 17 heavy (non-hydrogen) atoms. The molecule has 0 fully saturated rings. The van der Waals surface area contributed by atoms with Gasteiger partial charge in [0, 0.05) is 36.3 Å². The van der Waals surface area contributed by atoms with Crippen LogP contribution in [-0.2, 0) is 6.54 Å². The number of halogens is 1. The number of rotatable bonds is 5. The molecule has 1 rings (SSSR count). The molecule has 0 aromatic heterocycles. The number of anilines is 1. The van der Waals surface area contributed by atoms with Crippen LogP contribution < -0.4 is 5.73 Å². The summed E-state index contributed by atoms with van der Waals surface area (Å²) in [5.74, 6) is 0. The second kappa shape index (κ2) is 6.48. The van der Waals surface area contributed by atoms with Gasteiger partial charge in [0.2, 0.25) is 0 Å². The van der Waals surface area contributed by atoms with E-state index < -0.39 is 0 Å². The molecule has 3 nitrogen and oxygen atoms in total. The first-order valence-corrected chi connectivity index (χ1v) is 6.07. The second-order valence-electron chi connectivity index (χ2n) is 4.32. The summed E-state index contributed by atoms with van der Waals surface area (Å²) >= 11 is 6.14. The van der Waals surface area contributed by atoms with E-state index in [-0.39, 0.29) is 0 Å². The second-order valence-corrected chi connectivity index (χ2v) is 4.73. The van der Waals surface area contributed by atoms with E-state index in [1.54, 1.807) is 6.07 Å². The fraction of sp³-hybridized carbons (Fsp3) is 0.462. The molecule has 0 heterocycles. The van der Waals surface area contributed by atoms with E-state index >= 15 is 0 Å². The Morgan fingerprint density at radius 3 is 2.71 bits per heavy atom. The van der Waals surface area contributed by atoms with Crippen molar-refractivity contribution in [2.75, 3.05) is 12.3 Å². The number of nitrogens with zero attached hydrogens (tertiary/aromatic N) is 2. The topological polar surface area (TPSA) is 53.0 Å². The summed E-state index contributed by atoms with van der Waals surface area (Å²) < 4.78 is 0. The standard InChI is InChI=1S/C13H18ClN3/c1-10(2)17(7-3-6-15)9-11-4-5-12(16)8-13(11)14/h4-5,8,10H,3,7,9,16H2,1-2H3. The molecule has 0 atom stereocenters. The van der Waals surface area contributed by atoms with Crippen LogP contribution in [0.3, 0.4) is 0 Å². The third-order valence-corrected chi connectivity index (χ3v) is 3.04. The van der Waals surface area contributed by atoms with Crippen LogP contribution in [-0.4, -0.2) is 17.5 Å². The monoisotopic (exact) mass is 251 g/mol. The summed E-state index contributed by atoms with van der Waals surface area (Å²) in [7, 11) is 0. The molecule has 0 saturated heterocycles. The largest absolute Gasteiger partial charge is 0.399 e. The van der Waals surface area contributed by atoms with E-state index in [0.717, 1.165) is 18.7 Å². The molecule has 0 unspecified atom stereocenters. The minimum Gasteiger partial charge on any atom is -0.399 e. The Morgan fingerprint density at radius 2 is 2.18 bits per heavy atom. The number of hydrogen-bond acceptors (Lipinski definition) is 3. The minimum absolute atomic E-state index is 0.386. The number of nitrogen functional groups attached to an aromatic ring is 1. The van der Waals surface area contributed by atoms with Crippen LogP contribution in [0.4, 0.5) is 5.69 Å². The van der Waals surface area contributed by atoms with Crippen LogP contribution in [0.15, 0.2) is 18.2 Å². The molecule has 0 aliphatic rings. The summed E-state index contributed by atoms with van der Waals surface area (Å²) in [6.45, 7) is 5.73. The van der Waals surface area contributed by atoms with Crippen LogP contribution in [0.25, 0.3) is 0 Å². The zero-order chi connectivity index (χ0) is 12.8. The van der Waals surface area contributed by atoms with Gasteiger partial charge < -0.3 is 5.73 Å². The van der Waals surface area contributed by atoms with Gasteiger partial charge in [-0.3, -0.25) is 4.90 Å². The Bertz CT molecular complexity index is 410. The van der Waals surface area contributed by atoms with Gasteiger partial charge >= 0.3 is 0 Å². The maximum Gasteiger partial charge on any atom is 0.0635 e. The van der Waals surface area contributed by atoms with Crippen LogP contribution >= 0.6 is 11.6 Å². The van der Waals surface area contributed by atoms with Gasteiger partial charge in [0.15, 0.2) is 0 Å². The number of benzene rings is 1. The van der Waals surface area contributed by atoms with Crippen molar-refractivity contribution in [1.29, 1.82) is 5.26 Å². The van der Waals surface area contributed by atoms with Gasteiger partial charge in [0.1, 0.15) is 0 Å². The van der Waals surface area contributed by atoms with Crippen molar-refractivity contribution < 1.29 is 0 Å². The van der Waals surface area contributed by atoms with E-state index in [9.17, 15) is 0 Å². The summed E-state index contributed by atoms with van der Waals surface area (Å²) in [5.41, 5.74) is 7.38. The van der Waals surface area contributed by atoms with Crippen molar-refractivity contribution >= 4 is 17.3 Å². The maximum atomic E-state index is 8.63. The smallest absolute Gasteiger partial charge is 0.0635 e. The normalized spacial score (nSPS) is 10.8. The van der Waals surface area contributed by atoms with Crippen LogP contribution in [0.5, 0.6) is 0 Å². The Morgan fingerprint density at radius 1 is 1.47 bits per heavy atom. The van der Waals surface area contributed by atoms with Crippen LogP contribution in [0, 0.1) is 11.3 Å². The maximum absolute atomic E-state index is 8.63. The number of hydrogen-bond donors (Lipinski definition) is 1. The van der Waals surface area contributed by atoms with E-state index in [4.69, 9.17) is 22.6 Å². The molecule has 0 aliphatic carbocycles. The minimum atomic E-state index is 0.386. The Kier molecular flexibility index (Phi) is 5.27. The Labute approximate surface area is 108 Å². The average Bonchev–Trinajstić information content (AvgIpc) is 2.26. The zero-order valence-electron chi connectivity index (χ0n) is 10.3. The van der Waals surface area contributed by atoms with Crippen LogP contribution in [0.1, 0.15) is 25.8 Å². The molecule has 0 amide bonds. The molecule has 0 aliphatic heterocycles. The summed E-state index contributed by atoms with van der Waals surface area (Å²) in [6.07, 6.45) is 0.533. The first-order chi connectivity index (χ1) is 8.04. The average molecular weight is 252 g/mol. The number of nitrogens with two attached hydrogens (primary N) is 1. The van der Waals surface area contributed by atoms with Gasteiger partial charge in [-0.2, -0.15) is 5.26 Å². The first kappa shape index (κ1) is 13.8. The summed E-state index contributed by atoms with van der Waals surface area (Å²) in [4.78, 5) is 2.22. The van der Waals surface area contributed by atoms with Crippen molar-refractivity contribution in [2.24, 2.45) is 0 Å². The Balaban J connectivity index is 2.75. The summed E-state index contributed by atoms with van der Waals surface area (Å²) in [6, 6.07) is 8.11. The highest BCUT2D eigenvalue weighted by atomic mass is 35.5. The fourth-order valence-corrected chi connectivity index (χ4v) is 1.87. The van der Waals surface area contributed by atoms with Gasteiger partial charge in [-0.25, -0.2) is 0 Å². The van der Waals surface area contributed by atoms with Gasteiger partial charge in [-0.15, -0.1) is 0 Å². The first-order valence-electron chi connectivity index (χ1n) is 5.69. The molecule has 1 aromatic rings. The SMILES string of the molecule is CC(C)N(CCC#N)Cc1ccc(N)cc1Cl. The van der Waals surface area contributed by atoms with E-state index in [2.05, 4.69) is 24.8 Å². The van der Waals surface area contributed by atoms with Crippen molar-refractivity contribution in [1.82, 2.24) is 4.90 Å². The van der Waals surface area contributed by atoms with E-state index in [0.29, 0.717) is 23.2 Å². The van der Waals surface area contributed by atoms with Crippen LogP contribution in [0.2, 0.25) is 5.02 Å². The van der Waals surface area contributed by atoms with Crippen molar-refractivity contribution in [3.8, 4) is 6.07 Å². The molecule has 0 radical (unpaired) electrons. The lowest BCUT2D eigenvalue weighted by Gasteiger charge is -2.26. The highest BCUT2D eigenvalue weighted by Gasteiger charge is 2.11. The molecule has 0 spiro atoms. The molecule has 1 aromatic carbocycles. The lowest BCUT2D eigenvalue weighted by molar-refractivity contribution is 0.218. The third-order valence-electron chi connectivity index (χ3n) is 2.69. The lowest BCUT2D eigenvalue weighted by Crippen LogP contribution is -2.31. The molecular weight excluding hydrogens is 234 g/mol. The number of nitriles is 1. The van der Waals surface area contributed by atoms with Crippen molar-refractivity contribution in [2.45, 2.75) is 32.9 Å². The van der Waals surface area contributed by atoms with E-state index in [1.165, 1.54) is 0 Å². The quantitative estimate of drug-likeness (QED) is 0.819. The Hall–Kier alpha value is -1.24. The molecule has 92 valence electrons. The van der Waals surface area contributed by atoms with E-state index in [1.807, 2.05) is 12.1 Å². The lowest BCUT2D eigenvalue weighted by atomic mass is 10.1. The van der Waals surface area contributed by atoms with Crippen molar-refractivity contribution in [3.05, 3.63) is 28.8 Å². The molecule has 4 heteroatoms. The molecule has 2 N–H and O–H groups in total. The molecule has 0 saturated carbocycles. The van der Waals surface area contributed by atoms with Gasteiger partial charge in [-0.05, 0) is 31.5 Å². The third kappa shape index (κ3) is 4.26. The van der Waals surface area contributed by atoms with Gasteiger partial charge in [0.05, 0.1) is 6.07 Å². The zero-order valence-corrected chi connectivity index (χ0v) is 11.0. The predicted molar refractivity (Wildman–Crippen MR) is 71.6 cm³/mol. The fourth-order valence-electron chi connectivity index (χ4n) is 1.62. The molecular formula is C13H18ClN3. The highest BCUT2D eigenvalue weighted by Crippen LogP contribution is 2.21. The molecule has 0 bridgehead atoms. The van der Waals surface area contributed by atoms with Gasteiger partial charge in [-0.1, -0.05) is 17.7 Å². The predicted octanol–water partition coefficient (Wildman–Crippen LogP) is 3.05. The van der Waals surface area contributed by atoms with Gasteiger partial charge in [0.25, 0.3) is 0 Å². The van der Waals surface area contributed by atoms with Crippen molar-refractivity contribution in [3.63, 3.8) is 0 Å². The summed E-state index contributed by atoms with van der Waals surface area (Å²) in [5, 5.41) is 9.32.